The van der Waals surface area contributed by atoms with Crippen molar-refractivity contribution in [1.29, 1.82) is 0 Å². The molecule has 0 aliphatic heterocycles. The molecule has 2 aromatic rings. The lowest BCUT2D eigenvalue weighted by Crippen LogP contribution is -2.03. The van der Waals surface area contributed by atoms with Crippen LogP contribution < -0.4 is 0 Å². The molecule has 0 fully saturated rings. The molecule has 1 atom stereocenters. The molecule has 0 bridgehead atoms. The van der Waals surface area contributed by atoms with Crippen LogP contribution in [0.25, 0.3) is 0 Å². The standard InChI is InChI=1S/C13H11BrFNO/c14-12-2-1-10(15)8-11(12)13(17)7-9-3-5-16-6-4-9/h1-6,8,13,17H,7H2. The van der Waals surface area contributed by atoms with Crippen LogP contribution >= 0.6 is 15.9 Å². The van der Waals surface area contributed by atoms with Crippen molar-refractivity contribution in [2.75, 3.05) is 0 Å². The van der Waals surface area contributed by atoms with Gasteiger partial charge in [-0.2, -0.15) is 0 Å². The summed E-state index contributed by atoms with van der Waals surface area (Å²) in [6.07, 6.45) is 3.04. The van der Waals surface area contributed by atoms with Gasteiger partial charge in [-0.25, -0.2) is 4.39 Å². The first-order valence-corrected chi connectivity index (χ1v) is 5.98. The molecule has 1 aromatic heterocycles. The summed E-state index contributed by atoms with van der Waals surface area (Å²) in [4.78, 5) is 3.91. The minimum absolute atomic E-state index is 0.350. The minimum atomic E-state index is -0.734. The predicted octanol–water partition coefficient (Wildman–Crippen LogP) is 3.26. The van der Waals surface area contributed by atoms with Gasteiger partial charge in [-0.15, -0.1) is 0 Å². The average molecular weight is 296 g/mol. The molecule has 0 saturated carbocycles. The van der Waals surface area contributed by atoms with Gasteiger partial charge >= 0.3 is 0 Å². The summed E-state index contributed by atoms with van der Waals surface area (Å²) in [6.45, 7) is 0. The van der Waals surface area contributed by atoms with Crippen LogP contribution in [0.5, 0.6) is 0 Å². The van der Waals surface area contributed by atoms with Crippen LogP contribution in [0.2, 0.25) is 0 Å². The second kappa shape index (κ2) is 5.38. The van der Waals surface area contributed by atoms with Crippen LogP contribution in [0, 0.1) is 5.82 Å². The molecule has 0 spiro atoms. The van der Waals surface area contributed by atoms with Gasteiger partial charge in [0.05, 0.1) is 6.10 Å². The number of hydrogen-bond donors (Lipinski definition) is 1. The normalized spacial score (nSPS) is 12.4. The highest BCUT2D eigenvalue weighted by atomic mass is 79.9. The summed E-state index contributed by atoms with van der Waals surface area (Å²) in [5, 5.41) is 10.1. The Morgan fingerprint density at radius 1 is 1.24 bits per heavy atom. The monoisotopic (exact) mass is 295 g/mol. The second-order valence-corrected chi connectivity index (χ2v) is 4.60. The molecule has 0 saturated heterocycles. The lowest BCUT2D eigenvalue weighted by Gasteiger charge is -2.13. The van der Waals surface area contributed by atoms with Crippen LogP contribution in [0.15, 0.2) is 47.2 Å². The lowest BCUT2D eigenvalue weighted by molar-refractivity contribution is 0.177. The SMILES string of the molecule is OC(Cc1ccncc1)c1cc(F)ccc1Br. The van der Waals surface area contributed by atoms with Gasteiger partial charge in [0.25, 0.3) is 0 Å². The number of aliphatic hydroxyl groups excluding tert-OH is 1. The Hall–Kier alpha value is -1.26. The van der Waals surface area contributed by atoms with Gasteiger partial charge in [-0.05, 0) is 41.5 Å². The second-order valence-electron chi connectivity index (χ2n) is 3.74. The number of halogens is 2. The van der Waals surface area contributed by atoms with E-state index < -0.39 is 6.10 Å². The Morgan fingerprint density at radius 2 is 1.94 bits per heavy atom. The maximum atomic E-state index is 13.1. The maximum Gasteiger partial charge on any atom is 0.123 e. The Balaban J connectivity index is 2.20. The molecule has 0 amide bonds. The van der Waals surface area contributed by atoms with E-state index in [2.05, 4.69) is 20.9 Å². The van der Waals surface area contributed by atoms with Gasteiger partial charge in [0, 0.05) is 23.3 Å². The van der Waals surface area contributed by atoms with Crippen LogP contribution in [-0.4, -0.2) is 10.1 Å². The van der Waals surface area contributed by atoms with E-state index in [-0.39, 0.29) is 5.82 Å². The third kappa shape index (κ3) is 3.11. The molecule has 0 aliphatic carbocycles. The largest absolute Gasteiger partial charge is 0.388 e. The zero-order valence-corrected chi connectivity index (χ0v) is 10.6. The van der Waals surface area contributed by atoms with Crippen molar-refractivity contribution >= 4 is 15.9 Å². The van der Waals surface area contributed by atoms with Crippen LogP contribution in [0.1, 0.15) is 17.2 Å². The molecular weight excluding hydrogens is 285 g/mol. The van der Waals surface area contributed by atoms with Gasteiger partial charge in [-0.3, -0.25) is 4.98 Å². The highest BCUT2D eigenvalue weighted by Gasteiger charge is 2.12. The summed E-state index contributed by atoms with van der Waals surface area (Å²) >= 11 is 3.31. The average Bonchev–Trinajstić information content (AvgIpc) is 2.33. The zero-order chi connectivity index (χ0) is 12.3. The van der Waals surface area contributed by atoms with E-state index in [0.29, 0.717) is 16.5 Å². The molecule has 2 nitrogen and oxygen atoms in total. The number of rotatable bonds is 3. The van der Waals surface area contributed by atoms with Gasteiger partial charge in [0.2, 0.25) is 0 Å². The number of aliphatic hydroxyl groups is 1. The number of aromatic nitrogens is 1. The summed E-state index contributed by atoms with van der Waals surface area (Å²) in [7, 11) is 0. The predicted molar refractivity (Wildman–Crippen MR) is 67.0 cm³/mol. The zero-order valence-electron chi connectivity index (χ0n) is 8.98. The van der Waals surface area contributed by atoms with Crippen molar-refractivity contribution in [3.8, 4) is 0 Å². The smallest absolute Gasteiger partial charge is 0.123 e. The van der Waals surface area contributed by atoms with E-state index in [0.717, 1.165) is 5.56 Å². The van der Waals surface area contributed by atoms with Crippen LogP contribution in [0.3, 0.4) is 0 Å². The van der Waals surface area contributed by atoms with Gasteiger partial charge in [0.1, 0.15) is 5.82 Å². The van der Waals surface area contributed by atoms with E-state index in [1.165, 1.54) is 12.1 Å². The van der Waals surface area contributed by atoms with Crippen molar-refractivity contribution in [3.05, 3.63) is 64.1 Å². The summed E-state index contributed by atoms with van der Waals surface area (Å²) in [5.74, 6) is -0.350. The van der Waals surface area contributed by atoms with Crippen molar-refractivity contribution < 1.29 is 9.50 Å². The Kier molecular flexibility index (Phi) is 3.86. The molecular formula is C13H11BrFNO. The number of benzene rings is 1. The molecule has 0 aliphatic rings. The molecule has 2 rings (SSSR count). The summed E-state index contributed by atoms with van der Waals surface area (Å²) < 4.78 is 13.8. The van der Waals surface area contributed by atoms with E-state index in [1.807, 2.05) is 12.1 Å². The van der Waals surface area contributed by atoms with E-state index in [4.69, 9.17) is 0 Å². The number of pyridine rings is 1. The number of nitrogens with zero attached hydrogens (tertiary/aromatic N) is 1. The van der Waals surface area contributed by atoms with Gasteiger partial charge in [0.15, 0.2) is 0 Å². The van der Waals surface area contributed by atoms with E-state index in [1.54, 1.807) is 18.5 Å². The summed E-state index contributed by atoms with van der Waals surface area (Å²) in [6, 6.07) is 7.95. The van der Waals surface area contributed by atoms with Gasteiger partial charge in [-0.1, -0.05) is 15.9 Å². The van der Waals surface area contributed by atoms with Gasteiger partial charge < -0.3 is 5.11 Å². The molecule has 1 aromatic carbocycles. The van der Waals surface area contributed by atoms with Crippen molar-refractivity contribution in [2.45, 2.75) is 12.5 Å². The fraction of sp³-hybridized carbons (Fsp3) is 0.154. The lowest BCUT2D eigenvalue weighted by atomic mass is 10.0. The molecule has 1 N–H and O–H groups in total. The first kappa shape index (κ1) is 12.2. The highest BCUT2D eigenvalue weighted by molar-refractivity contribution is 9.10. The molecule has 4 heteroatoms. The highest BCUT2D eigenvalue weighted by Crippen LogP contribution is 2.26. The fourth-order valence-electron chi connectivity index (χ4n) is 1.62. The topological polar surface area (TPSA) is 33.1 Å². The third-order valence-electron chi connectivity index (χ3n) is 2.50. The summed E-state index contributed by atoms with van der Waals surface area (Å²) in [5.41, 5.74) is 1.52. The molecule has 1 unspecified atom stereocenters. The van der Waals surface area contributed by atoms with Crippen LogP contribution in [0.4, 0.5) is 4.39 Å². The van der Waals surface area contributed by atoms with E-state index >= 15 is 0 Å². The first-order valence-electron chi connectivity index (χ1n) is 5.19. The molecule has 0 radical (unpaired) electrons. The number of hydrogen-bond acceptors (Lipinski definition) is 2. The Morgan fingerprint density at radius 3 is 2.65 bits per heavy atom. The Bertz CT molecular complexity index is 504. The molecule has 1 heterocycles. The fourth-order valence-corrected chi connectivity index (χ4v) is 2.13. The maximum absolute atomic E-state index is 13.1. The molecule has 88 valence electrons. The van der Waals surface area contributed by atoms with Crippen molar-refractivity contribution in [1.82, 2.24) is 4.98 Å². The quantitative estimate of drug-likeness (QED) is 0.943. The minimum Gasteiger partial charge on any atom is -0.388 e. The Labute approximate surface area is 107 Å². The van der Waals surface area contributed by atoms with Crippen molar-refractivity contribution in [3.63, 3.8) is 0 Å². The third-order valence-corrected chi connectivity index (χ3v) is 3.22. The van der Waals surface area contributed by atoms with E-state index in [9.17, 15) is 9.50 Å². The van der Waals surface area contributed by atoms with Crippen molar-refractivity contribution in [2.24, 2.45) is 0 Å². The molecule has 17 heavy (non-hydrogen) atoms. The van der Waals surface area contributed by atoms with Crippen LogP contribution in [-0.2, 0) is 6.42 Å². The first-order chi connectivity index (χ1) is 8.16.